The van der Waals surface area contributed by atoms with Crippen LogP contribution in [0.1, 0.15) is 21.6 Å². The number of carbonyl (C=O) groups is 1. The number of anilines is 1. The number of H-pyrrole nitrogens is 1. The van der Waals surface area contributed by atoms with Crippen LogP contribution >= 0.6 is 0 Å². The summed E-state index contributed by atoms with van der Waals surface area (Å²) in [7, 11) is 0. The van der Waals surface area contributed by atoms with E-state index in [-0.39, 0.29) is 5.56 Å². The number of ether oxygens (including phenoxy) is 2. The van der Waals surface area contributed by atoms with Gasteiger partial charge in [-0.2, -0.15) is 0 Å². The normalized spacial score (nSPS) is 10.7. The molecular formula is C30H28N4O5. The summed E-state index contributed by atoms with van der Waals surface area (Å²) in [6.07, 6.45) is 4.78. The maximum Gasteiger partial charge on any atom is 0.362 e. The predicted molar refractivity (Wildman–Crippen MR) is 152 cm³/mol. The molecule has 0 saturated carbocycles. The summed E-state index contributed by atoms with van der Waals surface area (Å²) in [5.74, 6) is 0.515. The second kappa shape index (κ2) is 12.8. The molecule has 3 aromatic carbocycles. The Hall–Kier alpha value is -5.31. The summed E-state index contributed by atoms with van der Waals surface area (Å²) in [5.41, 5.74) is 5.33. The molecule has 39 heavy (non-hydrogen) atoms. The van der Waals surface area contributed by atoms with Crippen molar-refractivity contribution < 1.29 is 19.1 Å². The molecule has 2 N–H and O–H groups in total. The number of nitrogens with zero attached hydrogens (tertiary/aromatic N) is 2. The summed E-state index contributed by atoms with van der Waals surface area (Å²) < 4.78 is 12.6. The molecule has 198 valence electrons. The van der Waals surface area contributed by atoms with Crippen molar-refractivity contribution in [2.75, 3.05) is 18.7 Å². The van der Waals surface area contributed by atoms with Gasteiger partial charge in [0.25, 0.3) is 5.56 Å². The summed E-state index contributed by atoms with van der Waals surface area (Å²) >= 11 is 0. The molecule has 0 fully saturated rings. The van der Waals surface area contributed by atoms with Crippen molar-refractivity contribution in [3.8, 4) is 17.2 Å². The number of aromatic amines is 1. The Bertz CT molecular complexity index is 1550. The Morgan fingerprint density at radius 2 is 1.59 bits per heavy atom. The first-order valence-corrected chi connectivity index (χ1v) is 12.1. The molecular weight excluding hydrogens is 496 g/mol. The van der Waals surface area contributed by atoms with E-state index in [4.69, 9.17) is 14.3 Å². The van der Waals surface area contributed by atoms with Crippen LogP contribution in [0, 0.1) is 6.92 Å². The average Bonchev–Trinajstić information content (AvgIpc) is 3.25. The largest absolute Gasteiger partial charge is 0.487 e. The number of aliphatic imine (C=N–C) groups is 1. The van der Waals surface area contributed by atoms with E-state index in [0.717, 1.165) is 0 Å². The highest BCUT2D eigenvalue weighted by atomic mass is 16.7. The van der Waals surface area contributed by atoms with Crippen LogP contribution in [-0.4, -0.2) is 35.2 Å². The second-order valence-corrected chi connectivity index (χ2v) is 8.25. The molecule has 0 unspecified atom stereocenters. The smallest absolute Gasteiger partial charge is 0.362 e. The highest BCUT2D eigenvalue weighted by Gasteiger charge is 2.14. The standard InChI is InChI=1S/C30H28N4O5/c1-4-18-37-27-12-8-6-10-25(27)31-20-24-21(3)32-34(29(24)35)23-16-14-22(15-17-23)30(36)39-33-26-11-7-9-13-28(26)38-19-5-2/h4-17,20,32-33H,1-2,18-19H2,3H3. The minimum atomic E-state index is -0.597. The first kappa shape index (κ1) is 26.7. The zero-order valence-corrected chi connectivity index (χ0v) is 21.4. The van der Waals surface area contributed by atoms with E-state index >= 15 is 0 Å². The Morgan fingerprint density at radius 3 is 2.31 bits per heavy atom. The lowest BCUT2D eigenvalue weighted by atomic mass is 10.2. The van der Waals surface area contributed by atoms with Gasteiger partial charge in [-0.25, -0.2) is 15.0 Å². The number of aromatic nitrogens is 2. The van der Waals surface area contributed by atoms with E-state index in [0.29, 0.717) is 58.6 Å². The lowest BCUT2D eigenvalue weighted by Crippen LogP contribution is -2.17. The molecule has 0 aliphatic rings. The topological polar surface area (TPSA) is 107 Å². The quantitative estimate of drug-likeness (QED) is 0.143. The second-order valence-electron chi connectivity index (χ2n) is 8.25. The first-order valence-electron chi connectivity index (χ1n) is 12.1. The van der Waals surface area contributed by atoms with Crippen LogP contribution in [-0.2, 0) is 4.84 Å². The Labute approximate surface area is 225 Å². The average molecular weight is 525 g/mol. The van der Waals surface area contributed by atoms with Crippen molar-refractivity contribution in [1.82, 2.24) is 9.78 Å². The van der Waals surface area contributed by atoms with Gasteiger partial charge in [0, 0.05) is 11.9 Å². The molecule has 0 bridgehead atoms. The molecule has 0 amide bonds. The molecule has 0 radical (unpaired) electrons. The Balaban J connectivity index is 1.47. The first-order chi connectivity index (χ1) is 19.0. The van der Waals surface area contributed by atoms with E-state index in [9.17, 15) is 9.59 Å². The number of rotatable bonds is 12. The fourth-order valence-electron chi connectivity index (χ4n) is 3.59. The minimum Gasteiger partial charge on any atom is -0.487 e. The fraction of sp³-hybridized carbons (Fsp3) is 0.100. The van der Waals surface area contributed by atoms with E-state index in [1.807, 2.05) is 18.2 Å². The maximum atomic E-state index is 13.1. The molecule has 9 nitrogen and oxygen atoms in total. The lowest BCUT2D eigenvalue weighted by Gasteiger charge is -2.12. The number of hydrogen-bond donors (Lipinski definition) is 2. The highest BCUT2D eigenvalue weighted by Crippen LogP contribution is 2.27. The molecule has 0 aliphatic heterocycles. The molecule has 1 heterocycles. The van der Waals surface area contributed by atoms with Crippen molar-refractivity contribution in [2.24, 2.45) is 4.99 Å². The highest BCUT2D eigenvalue weighted by molar-refractivity contribution is 5.90. The van der Waals surface area contributed by atoms with Crippen LogP contribution in [0.2, 0.25) is 0 Å². The van der Waals surface area contributed by atoms with Gasteiger partial charge >= 0.3 is 5.97 Å². The van der Waals surface area contributed by atoms with E-state index in [2.05, 4.69) is 28.7 Å². The molecule has 9 heteroatoms. The SMILES string of the molecule is C=CCOc1ccccc1N=Cc1c(C)[nH]n(-c2ccc(C(=O)ONc3ccccc3OCC=C)cc2)c1=O. The van der Waals surface area contributed by atoms with Crippen molar-refractivity contribution in [1.29, 1.82) is 0 Å². The van der Waals surface area contributed by atoms with E-state index < -0.39 is 5.97 Å². The van der Waals surface area contributed by atoms with Crippen LogP contribution in [0.15, 0.2) is 108 Å². The third-order valence-corrected chi connectivity index (χ3v) is 5.53. The van der Waals surface area contributed by atoms with Crippen molar-refractivity contribution in [3.63, 3.8) is 0 Å². The van der Waals surface area contributed by atoms with E-state index in [1.54, 1.807) is 73.7 Å². The summed E-state index contributed by atoms with van der Waals surface area (Å²) in [5, 5.41) is 3.05. The molecule has 0 atom stereocenters. The summed E-state index contributed by atoms with van der Waals surface area (Å²) in [6, 6.07) is 20.8. The number of aryl methyl sites for hydroxylation is 1. The van der Waals surface area contributed by atoms with Gasteiger partial charge in [-0.15, -0.1) is 0 Å². The van der Waals surface area contributed by atoms with Gasteiger partial charge < -0.3 is 14.3 Å². The van der Waals surface area contributed by atoms with Crippen LogP contribution in [0.25, 0.3) is 5.69 Å². The molecule has 1 aromatic heterocycles. The molecule has 0 saturated heterocycles. The number of nitrogens with one attached hydrogen (secondary N) is 2. The summed E-state index contributed by atoms with van der Waals surface area (Å²) in [6.45, 7) is 9.73. The molecule has 4 aromatic rings. The molecule has 0 spiro atoms. The van der Waals surface area contributed by atoms with Gasteiger partial charge in [0.15, 0.2) is 0 Å². The van der Waals surface area contributed by atoms with Gasteiger partial charge in [0.1, 0.15) is 36.1 Å². The van der Waals surface area contributed by atoms with Crippen LogP contribution in [0.5, 0.6) is 11.5 Å². The van der Waals surface area contributed by atoms with Crippen LogP contribution in [0.4, 0.5) is 11.4 Å². The van der Waals surface area contributed by atoms with Gasteiger partial charge in [0.05, 0.1) is 16.8 Å². The van der Waals surface area contributed by atoms with Gasteiger partial charge in [-0.3, -0.25) is 14.9 Å². The van der Waals surface area contributed by atoms with Gasteiger partial charge in [-0.05, 0) is 55.5 Å². The third kappa shape index (κ3) is 6.53. The third-order valence-electron chi connectivity index (χ3n) is 5.53. The lowest BCUT2D eigenvalue weighted by molar-refractivity contribution is 0.0595. The van der Waals surface area contributed by atoms with Gasteiger partial charge in [0.2, 0.25) is 0 Å². The Morgan fingerprint density at radius 1 is 0.949 bits per heavy atom. The zero-order valence-electron chi connectivity index (χ0n) is 21.4. The van der Waals surface area contributed by atoms with Crippen molar-refractivity contribution in [2.45, 2.75) is 6.92 Å². The maximum absolute atomic E-state index is 13.1. The van der Waals surface area contributed by atoms with Crippen molar-refractivity contribution in [3.05, 3.63) is 125 Å². The predicted octanol–water partition coefficient (Wildman–Crippen LogP) is 5.54. The van der Waals surface area contributed by atoms with E-state index in [1.165, 1.54) is 10.9 Å². The van der Waals surface area contributed by atoms with Gasteiger partial charge in [-0.1, -0.05) is 49.6 Å². The number of benzene rings is 3. The van der Waals surface area contributed by atoms with Crippen LogP contribution in [0.3, 0.4) is 0 Å². The van der Waals surface area contributed by atoms with Crippen LogP contribution < -0.4 is 20.5 Å². The zero-order chi connectivity index (χ0) is 27.6. The minimum absolute atomic E-state index is 0.283. The molecule has 4 rings (SSSR count). The fourth-order valence-corrected chi connectivity index (χ4v) is 3.59. The monoisotopic (exact) mass is 524 g/mol. The Kier molecular flexibility index (Phi) is 8.76. The molecule has 0 aliphatic carbocycles. The summed E-state index contributed by atoms with van der Waals surface area (Å²) in [4.78, 5) is 35.4. The number of para-hydroxylation sites is 4. The van der Waals surface area contributed by atoms with Crippen molar-refractivity contribution >= 4 is 23.6 Å². The number of carbonyl (C=O) groups excluding carboxylic acids is 1. The number of hydrogen-bond acceptors (Lipinski definition) is 7.